The number of thioether (sulfide) groups is 1. The van der Waals surface area contributed by atoms with Crippen LogP contribution in [0.1, 0.15) is 26.0 Å². The molecule has 19 heavy (non-hydrogen) atoms. The summed E-state index contributed by atoms with van der Waals surface area (Å²) in [5.41, 5.74) is 1.15. The fourth-order valence-corrected chi connectivity index (χ4v) is 4.19. The van der Waals surface area contributed by atoms with Crippen molar-refractivity contribution in [2.24, 2.45) is 0 Å². The molecule has 0 bridgehead atoms. The van der Waals surface area contributed by atoms with Crippen LogP contribution in [0.3, 0.4) is 0 Å². The third-order valence-corrected chi connectivity index (χ3v) is 5.80. The Hall–Kier alpha value is -0.100. The number of thiazole rings is 1. The quantitative estimate of drug-likeness (QED) is 0.594. The summed E-state index contributed by atoms with van der Waals surface area (Å²) >= 11 is 3.68. The standard InChI is InChI=1S/C14H25N3S2/c1-12(2)17-8-6-16(7-9-17)5-4-10-18-14-15-13(3)11-19-14/h11-12H,4-10H2,1-3H3. The molecule has 1 saturated heterocycles. The highest BCUT2D eigenvalue weighted by molar-refractivity contribution is 8.00. The summed E-state index contributed by atoms with van der Waals surface area (Å²) in [5.74, 6) is 1.19. The summed E-state index contributed by atoms with van der Waals surface area (Å²) in [7, 11) is 0. The van der Waals surface area contributed by atoms with Crippen LogP contribution >= 0.6 is 23.1 Å². The number of rotatable bonds is 6. The monoisotopic (exact) mass is 299 g/mol. The van der Waals surface area contributed by atoms with E-state index in [1.165, 1.54) is 49.2 Å². The van der Waals surface area contributed by atoms with Crippen LogP contribution in [0.15, 0.2) is 9.72 Å². The van der Waals surface area contributed by atoms with Crippen LogP contribution in [-0.2, 0) is 0 Å². The van der Waals surface area contributed by atoms with Gasteiger partial charge in [-0.1, -0.05) is 11.8 Å². The Balaban J connectivity index is 1.57. The van der Waals surface area contributed by atoms with Gasteiger partial charge in [0.1, 0.15) is 4.34 Å². The lowest BCUT2D eigenvalue weighted by atomic mass is 10.2. The molecule has 0 radical (unpaired) electrons. The molecule has 108 valence electrons. The van der Waals surface area contributed by atoms with Gasteiger partial charge in [0, 0.05) is 49.0 Å². The first-order chi connectivity index (χ1) is 9.15. The smallest absolute Gasteiger partial charge is 0.150 e. The molecule has 1 aliphatic rings. The van der Waals surface area contributed by atoms with E-state index in [9.17, 15) is 0 Å². The summed E-state index contributed by atoms with van der Waals surface area (Å²) in [6.07, 6.45) is 1.27. The Morgan fingerprint density at radius 1 is 1.32 bits per heavy atom. The highest BCUT2D eigenvalue weighted by atomic mass is 32.2. The number of hydrogen-bond donors (Lipinski definition) is 0. The zero-order valence-electron chi connectivity index (χ0n) is 12.3. The van der Waals surface area contributed by atoms with E-state index < -0.39 is 0 Å². The number of nitrogens with zero attached hydrogens (tertiary/aromatic N) is 3. The minimum absolute atomic E-state index is 0.700. The van der Waals surface area contributed by atoms with Gasteiger partial charge in [-0.05, 0) is 33.7 Å². The van der Waals surface area contributed by atoms with Crippen LogP contribution in [-0.4, -0.2) is 59.3 Å². The van der Waals surface area contributed by atoms with E-state index in [4.69, 9.17) is 0 Å². The van der Waals surface area contributed by atoms with E-state index in [1.54, 1.807) is 11.3 Å². The maximum Gasteiger partial charge on any atom is 0.150 e. The molecule has 5 heteroatoms. The molecular weight excluding hydrogens is 274 g/mol. The molecule has 0 spiro atoms. The summed E-state index contributed by atoms with van der Waals surface area (Å²) in [4.78, 5) is 9.66. The molecular formula is C14H25N3S2. The van der Waals surface area contributed by atoms with E-state index in [1.807, 2.05) is 11.8 Å². The molecule has 0 N–H and O–H groups in total. The fourth-order valence-electron chi connectivity index (χ4n) is 2.35. The third-order valence-electron chi connectivity index (χ3n) is 3.58. The molecule has 2 rings (SSSR count). The maximum absolute atomic E-state index is 4.49. The van der Waals surface area contributed by atoms with Crippen molar-refractivity contribution < 1.29 is 0 Å². The minimum atomic E-state index is 0.700. The van der Waals surface area contributed by atoms with Gasteiger partial charge in [-0.2, -0.15) is 0 Å². The second kappa shape index (κ2) is 7.62. The summed E-state index contributed by atoms with van der Waals surface area (Å²) in [6.45, 7) is 12.8. The molecule has 1 fully saturated rings. The largest absolute Gasteiger partial charge is 0.301 e. The first kappa shape index (κ1) is 15.3. The zero-order chi connectivity index (χ0) is 13.7. The molecule has 1 aliphatic heterocycles. The van der Waals surface area contributed by atoms with Crippen molar-refractivity contribution in [1.29, 1.82) is 0 Å². The summed E-state index contributed by atoms with van der Waals surface area (Å²) in [6, 6.07) is 0.700. The van der Waals surface area contributed by atoms with Crippen molar-refractivity contribution in [3.05, 3.63) is 11.1 Å². The normalized spacial score (nSPS) is 18.3. The van der Waals surface area contributed by atoms with Crippen molar-refractivity contribution in [2.45, 2.75) is 37.6 Å². The lowest BCUT2D eigenvalue weighted by molar-refractivity contribution is 0.109. The van der Waals surface area contributed by atoms with Crippen LogP contribution < -0.4 is 0 Å². The van der Waals surface area contributed by atoms with Crippen LogP contribution in [0.4, 0.5) is 0 Å². The van der Waals surface area contributed by atoms with Crippen LogP contribution in [0, 0.1) is 6.92 Å². The molecule has 0 unspecified atom stereocenters. The first-order valence-corrected chi connectivity index (χ1v) is 9.03. The Morgan fingerprint density at radius 2 is 2.05 bits per heavy atom. The maximum atomic E-state index is 4.49. The number of aromatic nitrogens is 1. The molecule has 0 aromatic carbocycles. The van der Waals surface area contributed by atoms with E-state index in [0.717, 1.165) is 5.69 Å². The van der Waals surface area contributed by atoms with Gasteiger partial charge < -0.3 is 4.90 Å². The van der Waals surface area contributed by atoms with Gasteiger partial charge >= 0.3 is 0 Å². The average Bonchev–Trinajstić information content (AvgIpc) is 2.81. The summed E-state index contributed by atoms with van der Waals surface area (Å²) < 4.78 is 1.22. The predicted octanol–water partition coefficient (Wildman–Crippen LogP) is 2.96. The van der Waals surface area contributed by atoms with Crippen molar-refractivity contribution in [2.75, 3.05) is 38.5 Å². The third kappa shape index (κ3) is 5.06. The Bertz CT molecular complexity index is 371. The zero-order valence-corrected chi connectivity index (χ0v) is 13.9. The number of piperazine rings is 1. The SMILES string of the molecule is Cc1csc(SCCCN2CCN(C(C)C)CC2)n1. The summed E-state index contributed by atoms with van der Waals surface area (Å²) in [5, 5.41) is 2.13. The second-order valence-electron chi connectivity index (χ2n) is 5.43. The van der Waals surface area contributed by atoms with Crippen LogP contribution in [0.2, 0.25) is 0 Å². The van der Waals surface area contributed by atoms with E-state index in [0.29, 0.717) is 6.04 Å². The molecule has 2 heterocycles. The van der Waals surface area contributed by atoms with E-state index in [2.05, 4.69) is 40.9 Å². The lowest BCUT2D eigenvalue weighted by Crippen LogP contribution is -2.48. The van der Waals surface area contributed by atoms with Gasteiger partial charge in [0.15, 0.2) is 0 Å². The second-order valence-corrected chi connectivity index (χ2v) is 7.63. The van der Waals surface area contributed by atoms with Gasteiger partial charge in [-0.25, -0.2) is 4.98 Å². The van der Waals surface area contributed by atoms with Crippen LogP contribution in [0.5, 0.6) is 0 Å². The van der Waals surface area contributed by atoms with Gasteiger partial charge in [-0.15, -0.1) is 11.3 Å². The van der Waals surface area contributed by atoms with Gasteiger partial charge in [0.2, 0.25) is 0 Å². The Labute approximate surface area is 125 Å². The molecule has 0 aliphatic carbocycles. The molecule has 0 atom stereocenters. The fraction of sp³-hybridized carbons (Fsp3) is 0.786. The van der Waals surface area contributed by atoms with Gasteiger partial charge in [-0.3, -0.25) is 4.90 Å². The highest BCUT2D eigenvalue weighted by Crippen LogP contribution is 2.22. The molecule has 1 aromatic rings. The average molecular weight is 300 g/mol. The van der Waals surface area contributed by atoms with Crippen LogP contribution in [0.25, 0.3) is 0 Å². The number of aryl methyl sites for hydroxylation is 1. The molecule has 1 aromatic heterocycles. The van der Waals surface area contributed by atoms with Crippen molar-refractivity contribution in [1.82, 2.24) is 14.8 Å². The van der Waals surface area contributed by atoms with Gasteiger partial charge in [0.25, 0.3) is 0 Å². The van der Waals surface area contributed by atoms with Crippen molar-refractivity contribution in [3.63, 3.8) is 0 Å². The Morgan fingerprint density at radius 3 is 2.63 bits per heavy atom. The molecule has 0 amide bonds. The first-order valence-electron chi connectivity index (χ1n) is 7.16. The lowest BCUT2D eigenvalue weighted by Gasteiger charge is -2.36. The minimum Gasteiger partial charge on any atom is -0.301 e. The molecule has 3 nitrogen and oxygen atoms in total. The van der Waals surface area contributed by atoms with Crippen molar-refractivity contribution in [3.8, 4) is 0 Å². The predicted molar refractivity (Wildman–Crippen MR) is 85.3 cm³/mol. The van der Waals surface area contributed by atoms with Crippen molar-refractivity contribution >= 4 is 23.1 Å². The van der Waals surface area contributed by atoms with E-state index in [-0.39, 0.29) is 0 Å². The number of hydrogen-bond acceptors (Lipinski definition) is 5. The van der Waals surface area contributed by atoms with Gasteiger partial charge in [0.05, 0.1) is 0 Å². The topological polar surface area (TPSA) is 19.4 Å². The molecule has 0 saturated carbocycles. The van der Waals surface area contributed by atoms with E-state index >= 15 is 0 Å². The Kier molecular flexibility index (Phi) is 6.13. The highest BCUT2D eigenvalue weighted by Gasteiger charge is 2.17.